The van der Waals surface area contributed by atoms with Gasteiger partial charge in [0.2, 0.25) is 0 Å². The molecule has 0 radical (unpaired) electrons. The zero-order chi connectivity index (χ0) is 21.8. The van der Waals surface area contributed by atoms with Gasteiger partial charge >= 0.3 is 5.97 Å². The lowest BCUT2D eigenvalue weighted by Gasteiger charge is -2.24. The Balaban J connectivity index is 1.51. The molecule has 0 amide bonds. The summed E-state index contributed by atoms with van der Waals surface area (Å²) in [6.45, 7) is 0. The largest absolute Gasteiger partial charge is 0.469 e. The standard InChI is InChI=1S/C26H26BrNO3/c1-31-25(29)15-23(18-6-3-2-4-7-18)26(30)22-9-5-8-21(22)24-14-19(16-28-24)17-10-12-20(27)13-11-17/h2-4,6-7,10-13,16,21-23H,5,8-9,14-15H2,1H3/t21-,22?,23+/m1/s1. The summed E-state index contributed by atoms with van der Waals surface area (Å²) in [4.78, 5) is 30.5. The molecule has 0 spiro atoms. The molecule has 1 aliphatic carbocycles. The summed E-state index contributed by atoms with van der Waals surface area (Å²) < 4.78 is 5.94. The van der Waals surface area contributed by atoms with Crippen LogP contribution in [0.3, 0.4) is 0 Å². The number of carbonyl (C=O) groups excluding carboxylic acids is 2. The van der Waals surface area contributed by atoms with E-state index in [-0.39, 0.29) is 30.0 Å². The van der Waals surface area contributed by atoms with Crippen LogP contribution in [0.1, 0.15) is 49.1 Å². The summed E-state index contributed by atoms with van der Waals surface area (Å²) in [6, 6.07) is 17.8. The van der Waals surface area contributed by atoms with Crippen molar-refractivity contribution in [2.24, 2.45) is 16.8 Å². The molecule has 0 aromatic heterocycles. The minimum absolute atomic E-state index is 0.0808. The fourth-order valence-corrected chi connectivity index (χ4v) is 5.05. The van der Waals surface area contributed by atoms with Crippen molar-refractivity contribution in [3.05, 3.63) is 76.4 Å². The Labute approximate surface area is 191 Å². The van der Waals surface area contributed by atoms with Gasteiger partial charge in [0.05, 0.1) is 19.4 Å². The number of methoxy groups -OCH3 is 1. The van der Waals surface area contributed by atoms with E-state index in [9.17, 15) is 9.59 Å². The topological polar surface area (TPSA) is 55.7 Å². The van der Waals surface area contributed by atoms with Gasteiger partial charge in [0.1, 0.15) is 5.78 Å². The first-order chi connectivity index (χ1) is 15.1. The molecule has 31 heavy (non-hydrogen) atoms. The van der Waals surface area contributed by atoms with Crippen molar-refractivity contribution in [3.63, 3.8) is 0 Å². The number of halogens is 1. The van der Waals surface area contributed by atoms with E-state index >= 15 is 0 Å². The van der Waals surface area contributed by atoms with Crippen molar-refractivity contribution in [2.45, 2.75) is 38.0 Å². The lowest BCUT2D eigenvalue weighted by atomic mass is 9.78. The van der Waals surface area contributed by atoms with Crippen molar-refractivity contribution < 1.29 is 14.3 Å². The molecular weight excluding hydrogens is 454 g/mol. The lowest BCUT2D eigenvalue weighted by Crippen LogP contribution is -2.30. The van der Waals surface area contributed by atoms with Crippen molar-refractivity contribution in [3.8, 4) is 0 Å². The van der Waals surface area contributed by atoms with Crippen molar-refractivity contribution in [2.75, 3.05) is 7.11 Å². The highest BCUT2D eigenvalue weighted by Crippen LogP contribution is 2.41. The highest BCUT2D eigenvalue weighted by atomic mass is 79.9. The summed E-state index contributed by atoms with van der Waals surface area (Å²) in [5.41, 5.74) is 4.33. The molecule has 1 aliphatic heterocycles. The van der Waals surface area contributed by atoms with Gasteiger partial charge in [-0.1, -0.05) is 64.8 Å². The maximum absolute atomic E-state index is 13.7. The van der Waals surface area contributed by atoms with Crippen LogP contribution in [0.25, 0.3) is 5.57 Å². The van der Waals surface area contributed by atoms with E-state index in [2.05, 4.69) is 28.1 Å². The molecular formula is C26H26BrNO3. The third kappa shape index (κ3) is 4.87. The number of rotatable bonds is 7. The number of nitrogens with zero attached hydrogens (tertiary/aromatic N) is 1. The smallest absolute Gasteiger partial charge is 0.306 e. The predicted molar refractivity (Wildman–Crippen MR) is 126 cm³/mol. The Morgan fingerprint density at radius 3 is 2.55 bits per heavy atom. The summed E-state index contributed by atoms with van der Waals surface area (Å²) in [7, 11) is 1.37. The highest BCUT2D eigenvalue weighted by molar-refractivity contribution is 9.10. The van der Waals surface area contributed by atoms with Crippen LogP contribution in [0.2, 0.25) is 0 Å². The molecule has 0 saturated heterocycles. The van der Waals surface area contributed by atoms with Gasteiger partial charge in [-0.05, 0) is 41.7 Å². The normalized spacial score (nSPS) is 21.4. The number of hydrogen-bond donors (Lipinski definition) is 0. The number of aliphatic imine (C=N–C) groups is 1. The van der Waals surface area contributed by atoms with Crippen molar-refractivity contribution in [1.29, 1.82) is 0 Å². The van der Waals surface area contributed by atoms with E-state index in [0.717, 1.165) is 47.0 Å². The minimum atomic E-state index is -0.472. The zero-order valence-corrected chi connectivity index (χ0v) is 19.2. The van der Waals surface area contributed by atoms with E-state index in [1.165, 1.54) is 12.7 Å². The second kappa shape index (κ2) is 9.73. The molecule has 4 nitrogen and oxygen atoms in total. The maximum Gasteiger partial charge on any atom is 0.306 e. The molecule has 1 saturated carbocycles. The molecule has 4 rings (SSSR count). The van der Waals surface area contributed by atoms with Gasteiger partial charge in [-0.3, -0.25) is 14.6 Å². The van der Waals surface area contributed by atoms with Crippen molar-refractivity contribution in [1.82, 2.24) is 0 Å². The number of benzene rings is 2. The summed E-state index contributed by atoms with van der Waals surface area (Å²) in [6.07, 6.45) is 5.63. The second-order valence-electron chi connectivity index (χ2n) is 8.25. The third-order valence-corrected chi connectivity index (χ3v) is 6.95. The molecule has 1 unspecified atom stereocenters. The Morgan fingerprint density at radius 1 is 1.10 bits per heavy atom. The molecule has 2 aliphatic rings. The second-order valence-corrected chi connectivity index (χ2v) is 9.16. The van der Waals surface area contributed by atoms with E-state index in [0.29, 0.717) is 0 Å². The first kappa shape index (κ1) is 21.7. The van der Waals surface area contributed by atoms with E-state index in [1.54, 1.807) is 0 Å². The van der Waals surface area contributed by atoms with E-state index < -0.39 is 5.92 Å². The van der Waals surface area contributed by atoms with Crippen molar-refractivity contribution >= 4 is 39.0 Å². The Bertz CT molecular complexity index is 1010. The molecule has 5 heteroatoms. The third-order valence-electron chi connectivity index (χ3n) is 6.43. The van der Waals surface area contributed by atoms with Gasteiger partial charge in [-0.15, -0.1) is 0 Å². The molecule has 160 valence electrons. The molecule has 1 fully saturated rings. The number of carbonyl (C=O) groups is 2. The van der Waals surface area contributed by atoms with Crippen LogP contribution in [-0.2, 0) is 14.3 Å². The molecule has 1 heterocycles. The number of ether oxygens (including phenoxy) is 1. The number of allylic oxidation sites excluding steroid dienone is 1. The first-order valence-electron chi connectivity index (χ1n) is 10.7. The van der Waals surface area contributed by atoms with Crippen LogP contribution in [0.5, 0.6) is 0 Å². The molecule has 2 aromatic rings. The average Bonchev–Trinajstić information content (AvgIpc) is 3.47. The molecule has 3 atom stereocenters. The number of Topliss-reactive ketones (excluding diaryl/α,β-unsaturated/α-hetero) is 1. The number of hydrogen-bond acceptors (Lipinski definition) is 4. The van der Waals surface area contributed by atoms with Crippen LogP contribution < -0.4 is 0 Å². The Morgan fingerprint density at radius 2 is 1.84 bits per heavy atom. The predicted octanol–water partition coefficient (Wildman–Crippen LogP) is 5.97. The lowest BCUT2D eigenvalue weighted by molar-refractivity contribution is -0.143. The fraction of sp³-hybridized carbons (Fsp3) is 0.346. The summed E-state index contributed by atoms with van der Waals surface area (Å²) in [5.74, 6) is -0.653. The van der Waals surface area contributed by atoms with Crippen LogP contribution in [0, 0.1) is 11.8 Å². The first-order valence-corrected chi connectivity index (χ1v) is 11.5. The number of esters is 1. The van der Waals surface area contributed by atoms with Gasteiger partial charge in [-0.25, -0.2) is 0 Å². The van der Waals surface area contributed by atoms with Crippen LogP contribution in [-0.4, -0.2) is 24.6 Å². The summed E-state index contributed by atoms with van der Waals surface area (Å²) in [5, 5.41) is 0. The van der Waals surface area contributed by atoms with E-state index in [1.807, 2.05) is 48.7 Å². The van der Waals surface area contributed by atoms with Crippen LogP contribution in [0.15, 0.2) is 70.3 Å². The molecule has 0 N–H and O–H groups in total. The zero-order valence-electron chi connectivity index (χ0n) is 17.6. The maximum atomic E-state index is 13.7. The van der Waals surface area contributed by atoms with Gasteiger partial charge in [-0.2, -0.15) is 0 Å². The SMILES string of the molecule is COC(=O)C[C@H](C(=O)C1CCC[C@H]1C1=NC=C(c2ccc(Br)cc2)C1)c1ccccc1. The van der Waals surface area contributed by atoms with Gasteiger partial charge in [0.25, 0.3) is 0 Å². The molecule has 0 bridgehead atoms. The van der Waals surface area contributed by atoms with Crippen LogP contribution >= 0.6 is 15.9 Å². The van der Waals surface area contributed by atoms with Gasteiger partial charge in [0.15, 0.2) is 0 Å². The molecule has 2 aromatic carbocycles. The Hall–Kier alpha value is -2.53. The van der Waals surface area contributed by atoms with Gasteiger partial charge in [0, 0.05) is 34.6 Å². The quantitative estimate of drug-likeness (QED) is 0.459. The van der Waals surface area contributed by atoms with E-state index in [4.69, 9.17) is 9.73 Å². The average molecular weight is 480 g/mol. The number of ketones is 1. The monoisotopic (exact) mass is 479 g/mol. The van der Waals surface area contributed by atoms with Gasteiger partial charge < -0.3 is 4.74 Å². The highest BCUT2D eigenvalue weighted by Gasteiger charge is 2.40. The minimum Gasteiger partial charge on any atom is -0.469 e. The summed E-state index contributed by atoms with van der Waals surface area (Å²) >= 11 is 3.48. The fourth-order valence-electron chi connectivity index (χ4n) is 4.79. The Kier molecular flexibility index (Phi) is 6.81. The van der Waals surface area contributed by atoms with Crippen LogP contribution in [0.4, 0.5) is 0 Å².